The minimum Gasteiger partial charge on any atom is -0.228 e. The Balaban J connectivity index is 0.944. The maximum Gasteiger partial charge on any atom is 0.160 e. The van der Waals surface area contributed by atoms with Crippen molar-refractivity contribution in [2.24, 2.45) is 0 Å². The summed E-state index contributed by atoms with van der Waals surface area (Å²) in [6.07, 6.45) is 0. The van der Waals surface area contributed by atoms with Crippen LogP contribution in [0.3, 0.4) is 0 Å². The average Bonchev–Trinajstić information content (AvgIpc) is 3.79. The van der Waals surface area contributed by atoms with Gasteiger partial charge in [0.1, 0.15) is 0 Å². The van der Waals surface area contributed by atoms with E-state index in [2.05, 4.69) is 202 Å². The number of rotatable bonds is 5. The third-order valence-electron chi connectivity index (χ3n) is 12.7. The molecule has 0 N–H and O–H groups in total. The van der Waals surface area contributed by atoms with Gasteiger partial charge in [-0.1, -0.05) is 172 Å². The highest BCUT2D eigenvalue weighted by Crippen LogP contribution is 2.51. The van der Waals surface area contributed by atoms with Gasteiger partial charge in [0.25, 0.3) is 0 Å². The molecule has 9 aromatic carbocycles. The molecule has 0 fully saturated rings. The van der Waals surface area contributed by atoms with Crippen molar-refractivity contribution in [1.29, 1.82) is 0 Å². The van der Waals surface area contributed by atoms with E-state index in [4.69, 9.17) is 9.97 Å². The zero-order valence-corrected chi connectivity index (χ0v) is 34.1. The summed E-state index contributed by atoms with van der Waals surface area (Å²) in [5, 5.41) is 7.45. The fourth-order valence-corrected chi connectivity index (χ4v) is 10.8. The fraction of sp³-hybridized carbons (Fsp3) is 0.0526. The van der Waals surface area contributed by atoms with Crippen LogP contribution in [0.5, 0.6) is 0 Å². The summed E-state index contributed by atoms with van der Waals surface area (Å²) < 4.78 is 2.54. The van der Waals surface area contributed by atoms with Gasteiger partial charge in [-0.2, -0.15) is 0 Å². The fourth-order valence-electron chi connectivity index (χ4n) is 9.65. The van der Waals surface area contributed by atoms with Crippen LogP contribution < -0.4 is 0 Å². The molecule has 0 radical (unpaired) electrons. The SMILES string of the molecule is CC1(C)c2cc(-c3ccc(-c4ccc(-c5cc(-c6cccc7sc8ccccc8c67)nc(-c6ccccc6)n5)c5ccccc45)cc3)ccc2-c2cc3ccccc3cc21. The molecule has 1 aliphatic rings. The molecule has 11 aromatic rings. The summed E-state index contributed by atoms with van der Waals surface area (Å²) >= 11 is 1.83. The normalized spacial score (nSPS) is 13.0. The van der Waals surface area contributed by atoms with Crippen molar-refractivity contribution >= 4 is 53.1 Å². The lowest BCUT2D eigenvalue weighted by Crippen LogP contribution is -2.15. The minimum absolute atomic E-state index is 0.0801. The van der Waals surface area contributed by atoms with Crippen molar-refractivity contribution in [2.75, 3.05) is 0 Å². The molecule has 0 aliphatic heterocycles. The van der Waals surface area contributed by atoms with Crippen LogP contribution in [0.2, 0.25) is 0 Å². The van der Waals surface area contributed by atoms with Gasteiger partial charge in [0.05, 0.1) is 11.4 Å². The van der Waals surface area contributed by atoms with Gasteiger partial charge in [-0.3, -0.25) is 0 Å². The van der Waals surface area contributed by atoms with Gasteiger partial charge in [-0.25, -0.2) is 9.97 Å². The van der Waals surface area contributed by atoms with Crippen molar-refractivity contribution in [1.82, 2.24) is 9.97 Å². The second kappa shape index (κ2) is 13.4. The molecule has 1 aliphatic carbocycles. The average molecular weight is 783 g/mol. The molecular weight excluding hydrogens is 745 g/mol. The molecule has 0 atom stereocenters. The van der Waals surface area contributed by atoms with Gasteiger partial charge >= 0.3 is 0 Å². The summed E-state index contributed by atoms with van der Waals surface area (Å²) in [7, 11) is 0. The molecule has 0 unspecified atom stereocenters. The number of fused-ring (bicyclic) bond motifs is 8. The monoisotopic (exact) mass is 782 g/mol. The number of nitrogens with zero attached hydrogens (tertiary/aromatic N) is 2. The van der Waals surface area contributed by atoms with Crippen LogP contribution in [0, 0.1) is 0 Å². The molecule has 3 heteroatoms. The summed E-state index contributed by atoms with van der Waals surface area (Å²) in [4.78, 5) is 10.5. The van der Waals surface area contributed by atoms with E-state index in [0.29, 0.717) is 0 Å². The van der Waals surface area contributed by atoms with Gasteiger partial charge in [0.15, 0.2) is 5.82 Å². The van der Waals surface area contributed by atoms with Crippen molar-refractivity contribution < 1.29 is 0 Å². The molecule has 2 heterocycles. The third kappa shape index (κ3) is 5.47. The number of hydrogen-bond acceptors (Lipinski definition) is 3. The Hall–Kier alpha value is -7.20. The number of aromatic nitrogens is 2. The standard InChI is InChI=1S/C57H38N2S/c1-57(2)49-33-40(27-28-44(49)48-31-38-15-6-7-16-39(38)32-50(48)57)35-23-25-36(26-24-35)41-29-30-45(43-18-9-8-17-42(41)43)51-34-52(59-56(58-51)37-13-4-3-5-14-37)46-20-12-22-54-55(46)47-19-10-11-21-53(47)60-54/h3-34H,1-2H3. The summed E-state index contributed by atoms with van der Waals surface area (Å²) in [5.74, 6) is 0.718. The molecule has 0 amide bonds. The highest BCUT2D eigenvalue weighted by molar-refractivity contribution is 7.25. The smallest absolute Gasteiger partial charge is 0.160 e. The van der Waals surface area contributed by atoms with Crippen LogP contribution in [0.4, 0.5) is 0 Å². The van der Waals surface area contributed by atoms with Gasteiger partial charge in [0, 0.05) is 42.3 Å². The Morgan fingerprint density at radius 1 is 0.367 bits per heavy atom. The molecule has 60 heavy (non-hydrogen) atoms. The zero-order chi connectivity index (χ0) is 40.0. The van der Waals surface area contributed by atoms with E-state index in [-0.39, 0.29) is 5.41 Å². The number of thiophene rings is 1. The Kier molecular flexibility index (Phi) is 7.79. The first kappa shape index (κ1) is 34.8. The highest BCUT2D eigenvalue weighted by Gasteiger charge is 2.36. The lowest BCUT2D eigenvalue weighted by Gasteiger charge is -2.22. The molecule has 2 nitrogen and oxygen atoms in total. The van der Waals surface area contributed by atoms with Crippen LogP contribution >= 0.6 is 11.3 Å². The van der Waals surface area contributed by atoms with Crippen molar-refractivity contribution in [2.45, 2.75) is 19.3 Å². The van der Waals surface area contributed by atoms with Crippen molar-refractivity contribution in [3.8, 4) is 67.3 Å². The van der Waals surface area contributed by atoms with E-state index in [9.17, 15) is 0 Å². The van der Waals surface area contributed by atoms with Gasteiger partial charge in [0.2, 0.25) is 0 Å². The van der Waals surface area contributed by atoms with E-state index >= 15 is 0 Å². The van der Waals surface area contributed by atoms with Crippen LogP contribution in [0.25, 0.3) is 109 Å². The molecule has 282 valence electrons. The molecule has 0 bridgehead atoms. The first-order valence-corrected chi connectivity index (χ1v) is 21.5. The van der Waals surface area contributed by atoms with Crippen LogP contribution in [0.1, 0.15) is 25.0 Å². The maximum atomic E-state index is 5.28. The van der Waals surface area contributed by atoms with Crippen LogP contribution in [0.15, 0.2) is 194 Å². The van der Waals surface area contributed by atoms with Gasteiger partial charge in [-0.05, 0) is 102 Å². The Labute approximate surface area is 353 Å². The summed E-state index contributed by atoms with van der Waals surface area (Å²) in [6, 6.07) is 70.7. The first-order chi connectivity index (χ1) is 29.5. The first-order valence-electron chi connectivity index (χ1n) is 20.6. The van der Waals surface area contributed by atoms with E-state index in [1.807, 2.05) is 17.4 Å². The van der Waals surface area contributed by atoms with Crippen LogP contribution in [-0.2, 0) is 5.41 Å². The summed E-state index contributed by atoms with van der Waals surface area (Å²) in [5.41, 5.74) is 15.3. The van der Waals surface area contributed by atoms with E-state index in [0.717, 1.165) is 39.3 Å². The minimum atomic E-state index is -0.0801. The molecule has 0 saturated carbocycles. The maximum absolute atomic E-state index is 5.28. The summed E-state index contributed by atoms with van der Waals surface area (Å²) in [6.45, 7) is 4.73. The lowest BCUT2D eigenvalue weighted by molar-refractivity contribution is 0.661. The Morgan fingerprint density at radius 3 is 1.75 bits per heavy atom. The van der Waals surface area contributed by atoms with E-state index < -0.39 is 0 Å². The second-order valence-corrected chi connectivity index (χ2v) is 17.6. The largest absolute Gasteiger partial charge is 0.228 e. The highest BCUT2D eigenvalue weighted by atomic mass is 32.1. The zero-order valence-electron chi connectivity index (χ0n) is 33.3. The topological polar surface area (TPSA) is 25.8 Å². The number of hydrogen-bond donors (Lipinski definition) is 0. The molecule has 12 rings (SSSR count). The van der Waals surface area contributed by atoms with Gasteiger partial charge in [-0.15, -0.1) is 11.3 Å². The van der Waals surface area contributed by atoms with E-state index in [1.54, 1.807) is 0 Å². The molecule has 0 saturated heterocycles. The van der Waals surface area contributed by atoms with Crippen LogP contribution in [-0.4, -0.2) is 9.97 Å². The van der Waals surface area contributed by atoms with E-state index in [1.165, 1.54) is 80.8 Å². The Morgan fingerprint density at radius 2 is 0.950 bits per heavy atom. The third-order valence-corrected chi connectivity index (χ3v) is 13.8. The van der Waals surface area contributed by atoms with Gasteiger partial charge < -0.3 is 0 Å². The molecule has 0 spiro atoms. The molecular formula is C57H38N2S. The van der Waals surface area contributed by atoms with Crippen molar-refractivity contribution in [3.63, 3.8) is 0 Å². The Bertz CT molecular complexity index is 3500. The predicted octanol–water partition coefficient (Wildman–Crippen LogP) is 15.8. The second-order valence-electron chi connectivity index (χ2n) is 16.5. The lowest BCUT2D eigenvalue weighted by atomic mass is 9.81. The quantitative estimate of drug-likeness (QED) is 0.174. The molecule has 2 aromatic heterocycles. The predicted molar refractivity (Wildman–Crippen MR) is 255 cm³/mol. The van der Waals surface area contributed by atoms with Crippen molar-refractivity contribution in [3.05, 3.63) is 205 Å². The number of benzene rings is 9.